The van der Waals surface area contributed by atoms with Crippen LogP contribution in [0.5, 0.6) is 0 Å². The number of likely N-dealkylation sites (tertiary alicyclic amines) is 1. The van der Waals surface area contributed by atoms with Crippen molar-refractivity contribution < 1.29 is 27.8 Å². The van der Waals surface area contributed by atoms with Crippen molar-refractivity contribution >= 4 is 17.9 Å². The highest BCUT2D eigenvalue weighted by molar-refractivity contribution is 5.87. The van der Waals surface area contributed by atoms with Crippen molar-refractivity contribution in [2.75, 3.05) is 25.5 Å². The predicted molar refractivity (Wildman–Crippen MR) is 149 cm³/mol. The molecular weight excluding hydrogens is 546 g/mol. The third kappa shape index (κ3) is 4.87. The van der Waals surface area contributed by atoms with Crippen molar-refractivity contribution in [3.05, 3.63) is 77.0 Å². The molecule has 0 unspecified atom stereocenters. The Morgan fingerprint density at radius 1 is 1.17 bits per heavy atom. The zero-order valence-corrected chi connectivity index (χ0v) is 23.8. The van der Waals surface area contributed by atoms with Gasteiger partial charge in [0.2, 0.25) is 0 Å². The number of hydrogen-bond donors (Lipinski definition) is 2. The minimum absolute atomic E-state index is 0.285. The van der Waals surface area contributed by atoms with Crippen molar-refractivity contribution in [3.8, 4) is 0 Å². The molecule has 6 rings (SSSR count). The number of nitrogens with one attached hydrogen (secondary N) is 2. The Morgan fingerprint density at radius 2 is 1.95 bits per heavy atom. The maximum Gasteiger partial charge on any atom is 0.413 e. The molecule has 0 saturated carbocycles. The van der Waals surface area contributed by atoms with Crippen LogP contribution in [0.3, 0.4) is 0 Å². The molecule has 0 bridgehead atoms. The first-order valence-electron chi connectivity index (χ1n) is 14.2. The molecule has 1 aromatic carbocycles. The number of ether oxygens (including phenoxy) is 2. The molecule has 2 N–H and O–H groups in total. The van der Waals surface area contributed by atoms with Gasteiger partial charge in [-0.25, -0.2) is 28.3 Å². The molecule has 1 saturated heterocycles. The normalized spacial score (nSPS) is 21.5. The van der Waals surface area contributed by atoms with Crippen molar-refractivity contribution in [2.24, 2.45) is 0 Å². The predicted octanol–water partition coefficient (Wildman–Crippen LogP) is 5.32. The fourth-order valence-corrected chi connectivity index (χ4v) is 6.43. The number of nitrogens with zero attached hydrogens (tertiary/aromatic N) is 4. The van der Waals surface area contributed by atoms with Crippen molar-refractivity contribution in [2.45, 2.75) is 69.2 Å². The van der Waals surface area contributed by atoms with Gasteiger partial charge in [0.25, 0.3) is 0 Å². The first kappa shape index (κ1) is 28.1. The van der Waals surface area contributed by atoms with Crippen LogP contribution in [-0.4, -0.2) is 51.8 Å². The number of benzene rings is 1. The summed E-state index contributed by atoms with van der Waals surface area (Å²) in [7, 11) is 1.62. The summed E-state index contributed by atoms with van der Waals surface area (Å²) in [4.78, 5) is 36.6. The smallest absolute Gasteiger partial charge is 0.413 e. The largest absolute Gasteiger partial charge is 0.437 e. The number of carbonyl (C=O) groups excluding carboxylic acids is 2. The van der Waals surface area contributed by atoms with Gasteiger partial charge in [-0.05, 0) is 56.4 Å². The van der Waals surface area contributed by atoms with Gasteiger partial charge in [-0.15, -0.1) is 0 Å². The van der Waals surface area contributed by atoms with Crippen molar-refractivity contribution in [1.29, 1.82) is 0 Å². The van der Waals surface area contributed by atoms with E-state index in [1.54, 1.807) is 36.5 Å². The van der Waals surface area contributed by atoms with Crippen LogP contribution < -0.4 is 10.6 Å². The molecule has 3 aliphatic rings. The van der Waals surface area contributed by atoms with Crippen LogP contribution in [0.15, 0.2) is 42.7 Å². The molecule has 42 heavy (non-hydrogen) atoms. The fourth-order valence-electron chi connectivity index (χ4n) is 6.43. The number of pyridine rings is 1. The molecular formula is C30H34F2N6O4. The van der Waals surface area contributed by atoms with Crippen LogP contribution in [0.2, 0.25) is 0 Å². The van der Waals surface area contributed by atoms with E-state index in [1.807, 2.05) is 24.5 Å². The van der Waals surface area contributed by atoms with E-state index in [-0.39, 0.29) is 17.5 Å². The quantitative estimate of drug-likeness (QED) is 0.432. The molecule has 2 atom stereocenters. The maximum atomic E-state index is 14.9. The zero-order valence-electron chi connectivity index (χ0n) is 23.8. The first-order valence-corrected chi connectivity index (χ1v) is 14.2. The summed E-state index contributed by atoms with van der Waals surface area (Å²) in [6.45, 7) is 5.06. The molecule has 5 heterocycles. The van der Waals surface area contributed by atoms with E-state index in [1.165, 1.54) is 6.07 Å². The maximum absolute atomic E-state index is 14.9. The van der Waals surface area contributed by atoms with Crippen LogP contribution in [0.4, 0.5) is 24.2 Å². The minimum atomic E-state index is -0.895. The van der Waals surface area contributed by atoms with E-state index in [0.717, 1.165) is 17.3 Å². The number of piperidine rings is 1. The summed E-state index contributed by atoms with van der Waals surface area (Å²) in [6, 6.07) is 7.04. The van der Waals surface area contributed by atoms with E-state index in [4.69, 9.17) is 14.5 Å². The van der Waals surface area contributed by atoms with Crippen LogP contribution >= 0.6 is 0 Å². The lowest BCUT2D eigenvalue weighted by Gasteiger charge is -2.43. The Morgan fingerprint density at radius 3 is 2.71 bits per heavy atom. The zero-order chi connectivity index (χ0) is 29.6. The van der Waals surface area contributed by atoms with Gasteiger partial charge >= 0.3 is 12.1 Å². The lowest BCUT2D eigenvalue weighted by molar-refractivity contribution is -0.0308. The molecule has 3 aliphatic heterocycles. The van der Waals surface area contributed by atoms with Crippen LogP contribution in [-0.2, 0) is 27.2 Å². The molecule has 0 radical (unpaired) electrons. The minimum Gasteiger partial charge on any atom is -0.437 e. The van der Waals surface area contributed by atoms with Gasteiger partial charge in [-0.1, -0.05) is 12.1 Å². The number of urea groups is 1. The van der Waals surface area contributed by atoms with E-state index in [2.05, 4.69) is 15.6 Å². The number of amides is 3. The Labute approximate surface area is 242 Å². The Hall–Kier alpha value is -4.06. The Kier molecular flexibility index (Phi) is 7.12. The first-order chi connectivity index (χ1) is 20.1. The molecule has 3 amide bonds. The van der Waals surface area contributed by atoms with Gasteiger partial charge in [-0.3, -0.25) is 5.32 Å². The number of imidazole rings is 1. The van der Waals surface area contributed by atoms with E-state index >= 15 is 0 Å². The number of rotatable bonds is 4. The van der Waals surface area contributed by atoms with E-state index < -0.39 is 35.0 Å². The van der Waals surface area contributed by atoms with Gasteiger partial charge in [0.1, 0.15) is 22.8 Å². The number of anilines is 1. The number of carbonyl (C=O) groups is 2. The molecule has 3 aromatic rings. The number of aromatic nitrogens is 3. The second-order valence-corrected chi connectivity index (χ2v) is 11.6. The molecule has 0 aliphatic carbocycles. The topological polar surface area (TPSA) is 111 Å². The highest BCUT2D eigenvalue weighted by Crippen LogP contribution is 2.43. The number of hydrogen-bond acceptors (Lipinski definition) is 6. The molecule has 10 nitrogen and oxygen atoms in total. The molecule has 1 fully saturated rings. The van der Waals surface area contributed by atoms with E-state index in [0.29, 0.717) is 57.0 Å². The monoisotopic (exact) mass is 580 g/mol. The SMILES string of the molecule is COC(C)(C)c1cnc2n1CC[C@H](c1cccc(F)c1F)C[C@H]2NC(=O)N1CCC2(CC1)OC(=O)Nc1ncccc12. The lowest BCUT2D eigenvalue weighted by Crippen LogP contribution is -2.52. The van der Waals surface area contributed by atoms with Gasteiger partial charge in [0.05, 0.1) is 17.9 Å². The van der Waals surface area contributed by atoms with Gasteiger partial charge in [0.15, 0.2) is 11.6 Å². The Balaban J connectivity index is 1.25. The number of fused-ring (bicyclic) bond motifs is 3. The third-order valence-corrected chi connectivity index (χ3v) is 8.93. The standard InChI is InChI=1S/C30H34F2N6O4/c1-29(2,41-3)23-17-34-26-22(16-18(9-13-38(23)26)19-6-4-8-21(31)24(19)32)35-27(39)37-14-10-30(11-15-37)20-7-5-12-33-25(20)36-28(40)42-30/h4-8,12,17-18,22H,9-11,13-16H2,1-3H3,(H,35,39)(H,33,36,40)/t18-,22+/m0/s1. The van der Waals surface area contributed by atoms with Crippen LogP contribution in [0.25, 0.3) is 0 Å². The summed E-state index contributed by atoms with van der Waals surface area (Å²) in [5.74, 6) is -0.994. The van der Waals surface area contributed by atoms with E-state index in [9.17, 15) is 18.4 Å². The second kappa shape index (κ2) is 10.6. The summed E-state index contributed by atoms with van der Waals surface area (Å²) in [5.41, 5.74) is 0.403. The lowest BCUT2D eigenvalue weighted by atomic mass is 9.83. The fraction of sp³-hybridized carbons (Fsp3) is 0.467. The third-order valence-electron chi connectivity index (χ3n) is 8.93. The van der Waals surface area contributed by atoms with Gasteiger partial charge < -0.3 is 24.3 Å². The van der Waals surface area contributed by atoms with Gasteiger partial charge in [0, 0.05) is 51.3 Å². The highest BCUT2D eigenvalue weighted by atomic mass is 19.2. The average molecular weight is 581 g/mol. The van der Waals surface area contributed by atoms with Crippen LogP contribution in [0.1, 0.15) is 74.1 Å². The summed E-state index contributed by atoms with van der Waals surface area (Å²) >= 11 is 0. The van der Waals surface area contributed by atoms with Crippen molar-refractivity contribution in [3.63, 3.8) is 0 Å². The Bertz CT molecular complexity index is 1520. The molecule has 222 valence electrons. The second-order valence-electron chi connectivity index (χ2n) is 11.6. The average Bonchev–Trinajstić information content (AvgIpc) is 3.34. The number of halogens is 2. The van der Waals surface area contributed by atoms with Crippen molar-refractivity contribution in [1.82, 2.24) is 24.8 Å². The van der Waals surface area contributed by atoms with Crippen LogP contribution in [0, 0.1) is 11.6 Å². The molecule has 12 heteroatoms. The van der Waals surface area contributed by atoms with Gasteiger partial charge in [-0.2, -0.15) is 0 Å². The molecule has 2 aromatic heterocycles. The summed E-state index contributed by atoms with van der Waals surface area (Å²) in [5, 5.41) is 5.78. The molecule has 1 spiro atoms. The summed E-state index contributed by atoms with van der Waals surface area (Å²) in [6.07, 6.45) is 4.50. The summed E-state index contributed by atoms with van der Waals surface area (Å²) < 4.78 is 42.6. The number of methoxy groups -OCH3 is 1. The highest BCUT2D eigenvalue weighted by Gasteiger charge is 2.46.